The zero-order valence-corrected chi connectivity index (χ0v) is 19.5. The van der Waals surface area contributed by atoms with Crippen molar-refractivity contribution in [3.63, 3.8) is 0 Å². The molecule has 1 heterocycles. The van der Waals surface area contributed by atoms with E-state index in [1.54, 1.807) is 0 Å². The molecule has 0 saturated heterocycles. The first kappa shape index (κ1) is 24.8. The van der Waals surface area contributed by atoms with Gasteiger partial charge in [-0.15, -0.1) is 0 Å². The molecule has 1 aliphatic heterocycles. The molecule has 0 aliphatic carbocycles. The molecule has 0 radical (unpaired) electrons. The third-order valence-electron chi connectivity index (χ3n) is 3.50. The summed E-state index contributed by atoms with van der Waals surface area (Å²) in [5.74, 6) is -0.309. The van der Waals surface area contributed by atoms with E-state index in [1.165, 1.54) is 0 Å². The van der Waals surface area contributed by atoms with Gasteiger partial charge in [-0.2, -0.15) is 0 Å². The summed E-state index contributed by atoms with van der Waals surface area (Å²) in [6.07, 6.45) is 12.4. The maximum Gasteiger partial charge on any atom is 0.254 e. The molecule has 0 bridgehead atoms. The quantitative estimate of drug-likeness (QED) is 0.280. The van der Waals surface area contributed by atoms with E-state index < -0.39 is 20.7 Å². The normalized spacial score (nSPS) is 14.5. The van der Waals surface area contributed by atoms with Crippen molar-refractivity contribution in [2.45, 2.75) is 67.2 Å². The number of amides is 1. The molecule has 0 aromatic rings. The number of aliphatic imine (C=N–C) groups is 1. The van der Waals surface area contributed by atoms with Crippen LogP contribution >= 0.6 is 20.7 Å². The topological polar surface area (TPSA) is 58.7 Å². The van der Waals surface area contributed by atoms with Crippen molar-refractivity contribution in [1.82, 2.24) is 4.90 Å². The molecule has 1 amide bonds. The van der Waals surface area contributed by atoms with Crippen LogP contribution in [0.3, 0.4) is 0 Å². The van der Waals surface area contributed by atoms with Crippen molar-refractivity contribution in [2.75, 3.05) is 13.1 Å². The van der Waals surface area contributed by atoms with Gasteiger partial charge in [-0.1, -0.05) is 59.3 Å². The van der Waals surface area contributed by atoms with Gasteiger partial charge < -0.3 is 10.6 Å². The Balaban J connectivity index is 0.00000301. The molecular formula is C21H36IN3O. The van der Waals surface area contributed by atoms with Crippen LogP contribution in [-0.4, -0.2) is 31.2 Å². The number of amidine groups is 1. The molecule has 0 unspecified atom stereocenters. The van der Waals surface area contributed by atoms with E-state index in [0.717, 1.165) is 57.4 Å². The molecule has 148 valence electrons. The van der Waals surface area contributed by atoms with Crippen LogP contribution in [-0.2, 0) is 4.79 Å². The fraction of sp³-hybridized carbons (Fsp3) is 0.571. The minimum atomic E-state index is -0.610. The molecule has 0 saturated carbocycles. The molecule has 0 fully saturated rings. The number of primary amides is 1. The van der Waals surface area contributed by atoms with E-state index in [2.05, 4.69) is 37.8 Å². The second-order valence-electron chi connectivity index (χ2n) is 5.63. The van der Waals surface area contributed by atoms with Crippen LogP contribution in [0.4, 0.5) is 0 Å². The minimum absolute atomic E-state index is 0.309. The van der Waals surface area contributed by atoms with E-state index in [-0.39, 0.29) is 5.91 Å². The maximum atomic E-state index is 11.8. The Hall–Kier alpha value is -1.24. The highest BCUT2D eigenvalue weighted by Gasteiger charge is 2.18. The number of hydrogen-bond donors (Lipinski definition) is 1. The lowest BCUT2D eigenvalue weighted by Crippen LogP contribution is -2.32. The highest BCUT2D eigenvalue weighted by Crippen LogP contribution is 2.25. The van der Waals surface area contributed by atoms with Crippen LogP contribution in [0.5, 0.6) is 0 Å². The van der Waals surface area contributed by atoms with Crippen LogP contribution in [0.15, 0.2) is 40.6 Å². The third-order valence-corrected chi connectivity index (χ3v) is 6.33. The zero-order valence-electron chi connectivity index (χ0n) is 17.3. The molecule has 0 spiro atoms. The largest absolute Gasteiger partial charge is 0.365 e. The maximum absolute atomic E-state index is 11.8. The SMILES string of the molecule is C/C=C\C(=C/CC)C1=CC(C(N)=O)=IC(N(CCC)CCCC)=N1.CC. The predicted octanol–water partition coefficient (Wildman–Crippen LogP) is 5.32. The van der Waals surface area contributed by atoms with Crippen LogP contribution in [0, 0.1) is 0 Å². The van der Waals surface area contributed by atoms with E-state index in [9.17, 15) is 4.79 Å². The number of rotatable bonds is 9. The van der Waals surface area contributed by atoms with Crippen molar-refractivity contribution >= 4 is 34.0 Å². The van der Waals surface area contributed by atoms with Crippen molar-refractivity contribution in [3.8, 4) is 0 Å². The molecule has 0 aromatic heterocycles. The van der Waals surface area contributed by atoms with Gasteiger partial charge in [-0.05, 0) is 58.6 Å². The Morgan fingerprint density at radius 1 is 1.23 bits per heavy atom. The highest BCUT2D eigenvalue weighted by atomic mass is 127. The Kier molecular flexibility index (Phi) is 14.2. The highest BCUT2D eigenvalue weighted by molar-refractivity contribution is 14.2. The molecule has 1 aliphatic rings. The van der Waals surface area contributed by atoms with E-state index >= 15 is 0 Å². The number of hydrogen-bond acceptors (Lipinski definition) is 3. The minimum Gasteiger partial charge on any atom is -0.365 e. The number of unbranched alkanes of at least 4 members (excludes halogenated alkanes) is 1. The molecule has 0 aromatic carbocycles. The number of nitrogens with zero attached hydrogens (tertiary/aromatic N) is 2. The molecular weight excluding hydrogens is 437 g/mol. The second kappa shape index (κ2) is 14.9. The summed E-state index contributed by atoms with van der Waals surface area (Å²) in [5, 5.41) is 0. The van der Waals surface area contributed by atoms with Crippen LogP contribution in [0.2, 0.25) is 0 Å². The van der Waals surface area contributed by atoms with E-state index in [0.29, 0.717) is 0 Å². The molecule has 5 heteroatoms. The summed E-state index contributed by atoms with van der Waals surface area (Å²) in [5.41, 5.74) is 7.54. The summed E-state index contributed by atoms with van der Waals surface area (Å²) < 4.78 is 1.82. The van der Waals surface area contributed by atoms with Gasteiger partial charge in [0.1, 0.15) is 0 Å². The van der Waals surface area contributed by atoms with E-state index in [1.807, 2.05) is 32.9 Å². The molecule has 4 nitrogen and oxygen atoms in total. The lowest BCUT2D eigenvalue weighted by Gasteiger charge is -2.25. The number of carbonyl (C=O) groups excluding carboxylic acids is 1. The van der Waals surface area contributed by atoms with Crippen LogP contribution in [0.1, 0.15) is 67.2 Å². The molecule has 0 atom stereocenters. The van der Waals surface area contributed by atoms with Crippen molar-refractivity contribution < 1.29 is 4.79 Å². The Labute approximate surface area is 170 Å². The summed E-state index contributed by atoms with van der Waals surface area (Å²) in [4.78, 5) is 19.1. The van der Waals surface area contributed by atoms with Crippen LogP contribution < -0.4 is 5.73 Å². The van der Waals surface area contributed by atoms with Gasteiger partial charge in [-0.3, -0.25) is 4.79 Å². The molecule has 26 heavy (non-hydrogen) atoms. The van der Waals surface area contributed by atoms with Crippen molar-refractivity contribution in [3.05, 3.63) is 35.6 Å². The fourth-order valence-corrected chi connectivity index (χ4v) is 4.80. The number of allylic oxidation sites excluding steroid dienone is 3. The van der Waals surface area contributed by atoms with Gasteiger partial charge in [0.25, 0.3) is 5.91 Å². The lowest BCUT2D eigenvalue weighted by molar-refractivity contribution is -0.111. The van der Waals surface area contributed by atoms with Gasteiger partial charge in [0, 0.05) is 13.1 Å². The lowest BCUT2D eigenvalue weighted by atomic mass is 10.1. The van der Waals surface area contributed by atoms with Crippen molar-refractivity contribution in [1.29, 1.82) is 0 Å². The molecule has 2 N–H and O–H groups in total. The summed E-state index contributed by atoms with van der Waals surface area (Å²) >= 11 is -0.610. The standard InChI is InChI=1S/C19H30IN3O.C2H6/c1-5-9-13-23(12-8-4)19-20-16(18(21)24)14-17(22-19)15(10-6-2)11-7-3;1-2/h6,10-11,14H,5,7-9,12-13H2,1-4H3,(H2,21,24);1-2H3/b10-6-,15-11+;. The predicted molar refractivity (Wildman–Crippen MR) is 125 cm³/mol. The first-order valence-electron chi connectivity index (χ1n) is 9.77. The van der Waals surface area contributed by atoms with Gasteiger partial charge in [0.05, 0.1) is 9.21 Å². The Morgan fingerprint density at radius 2 is 1.92 bits per heavy atom. The van der Waals surface area contributed by atoms with Gasteiger partial charge >= 0.3 is 0 Å². The second-order valence-corrected chi connectivity index (χ2v) is 8.29. The number of carbonyl (C=O) groups is 1. The van der Waals surface area contributed by atoms with Crippen LogP contribution in [0.25, 0.3) is 0 Å². The number of nitrogens with two attached hydrogens (primary N) is 1. The Bertz CT molecular complexity index is 586. The average molecular weight is 473 g/mol. The Morgan fingerprint density at radius 3 is 2.42 bits per heavy atom. The van der Waals surface area contributed by atoms with Gasteiger partial charge in [0.15, 0.2) is 3.84 Å². The monoisotopic (exact) mass is 473 g/mol. The third kappa shape index (κ3) is 8.43. The summed E-state index contributed by atoms with van der Waals surface area (Å²) in [6, 6.07) is 0. The molecule has 1 rings (SSSR count). The van der Waals surface area contributed by atoms with Gasteiger partial charge in [0.2, 0.25) is 0 Å². The van der Waals surface area contributed by atoms with Gasteiger partial charge in [-0.25, -0.2) is 4.99 Å². The summed E-state index contributed by atoms with van der Waals surface area (Å²) in [6.45, 7) is 14.5. The first-order valence-corrected chi connectivity index (χ1v) is 11.9. The first-order chi connectivity index (χ1) is 12.6. The smallest absolute Gasteiger partial charge is 0.254 e. The van der Waals surface area contributed by atoms with E-state index in [4.69, 9.17) is 10.7 Å². The fourth-order valence-electron chi connectivity index (χ4n) is 2.36. The van der Waals surface area contributed by atoms with Crippen molar-refractivity contribution in [2.24, 2.45) is 10.7 Å². The zero-order chi connectivity index (χ0) is 19.9. The average Bonchev–Trinajstić information content (AvgIpc) is 2.66. The summed E-state index contributed by atoms with van der Waals surface area (Å²) in [7, 11) is 0. The number of halogens is 1.